The second kappa shape index (κ2) is 5.03. The third-order valence-corrected chi connectivity index (χ3v) is 5.50. The smallest absolute Gasteiger partial charge is 0.188 e. The van der Waals surface area contributed by atoms with Gasteiger partial charge in [-0.05, 0) is 38.1 Å². The summed E-state index contributed by atoms with van der Waals surface area (Å²) in [5.74, 6) is 1.03. The second-order valence-corrected chi connectivity index (χ2v) is 6.82. The third kappa shape index (κ3) is 2.32. The standard InChI is InChI=1S/C15H18N4OS/c1-10(20)14-16-12-3-4-13(17-15(12)21-14)19-8-5-11(9-19)18-6-2-7-18/h3-4,11H,2,5-9H2,1H3. The number of carbonyl (C=O) groups excluding carboxylic acids is 1. The molecule has 0 saturated carbocycles. The Balaban J connectivity index is 1.57. The number of ketones is 1. The Hall–Kier alpha value is -1.53. The summed E-state index contributed by atoms with van der Waals surface area (Å²) in [7, 11) is 0. The van der Waals surface area contributed by atoms with E-state index in [9.17, 15) is 4.79 Å². The molecule has 0 aromatic carbocycles. The van der Waals surface area contributed by atoms with Crippen molar-refractivity contribution >= 4 is 33.3 Å². The van der Waals surface area contributed by atoms with Crippen LogP contribution in [0, 0.1) is 0 Å². The molecule has 0 N–H and O–H groups in total. The van der Waals surface area contributed by atoms with E-state index in [4.69, 9.17) is 4.98 Å². The van der Waals surface area contributed by atoms with Gasteiger partial charge in [-0.2, -0.15) is 0 Å². The fourth-order valence-corrected chi connectivity index (χ4v) is 3.92. The van der Waals surface area contributed by atoms with E-state index in [0.29, 0.717) is 11.0 Å². The molecule has 1 atom stereocenters. The summed E-state index contributed by atoms with van der Waals surface area (Å²) in [6, 6.07) is 4.70. The van der Waals surface area contributed by atoms with Gasteiger partial charge in [-0.15, -0.1) is 0 Å². The van der Waals surface area contributed by atoms with E-state index in [0.717, 1.165) is 29.3 Å². The van der Waals surface area contributed by atoms with Crippen LogP contribution in [0.2, 0.25) is 0 Å². The number of likely N-dealkylation sites (tertiary alicyclic amines) is 1. The Kier molecular flexibility index (Phi) is 3.15. The molecule has 0 spiro atoms. The number of carbonyl (C=O) groups is 1. The normalized spacial score (nSPS) is 22.7. The van der Waals surface area contributed by atoms with Gasteiger partial charge in [0.1, 0.15) is 16.2 Å². The molecule has 4 heterocycles. The van der Waals surface area contributed by atoms with Gasteiger partial charge in [0.15, 0.2) is 10.8 Å². The number of anilines is 1. The monoisotopic (exact) mass is 302 g/mol. The van der Waals surface area contributed by atoms with Gasteiger partial charge in [-0.25, -0.2) is 9.97 Å². The molecule has 2 aromatic rings. The number of hydrogen-bond donors (Lipinski definition) is 0. The summed E-state index contributed by atoms with van der Waals surface area (Å²) >= 11 is 1.39. The molecule has 0 amide bonds. The molecule has 2 aromatic heterocycles. The van der Waals surface area contributed by atoms with Crippen LogP contribution in [0.25, 0.3) is 10.3 Å². The summed E-state index contributed by atoms with van der Waals surface area (Å²) < 4.78 is 0. The Morgan fingerprint density at radius 2 is 2.14 bits per heavy atom. The van der Waals surface area contributed by atoms with Crippen molar-refractivity contribution in [2.24, 2.45) is 0 Å². The molecule has 2 saturated heterocycles. The van der Waals surface area contributed by atoms with Crippen LogP contribution < -0.4 is 4.90 Å². The third-order valence-electron chi connectivity index (χ3n) is 4.44. The van der Waals surface area contributed by atoms with E-state index in [-0.39, 0.29) is 5.78 Å². The van der Waals surface area contributed by atoms with Crippen molar-refractivity contribution in [1.82, 2.24) is 14.9 Å². The van der Waals surface area contributed by atoms with E-state index < -0.39 is 0 Å². The van der Waals surface area contributed by atoms with E-state index in [2.05, 4.69) is 14.8 Å². The summed E-state index contributed by atoms with van der Waals surface area (Å²) in [6.07, 6.45) is 2.57. The molecule has 4 rings (SSSR count). The number of aromatic nitrogens is 2. The van der Waals surface area contributed by atoms with Gasteiger partial charge in [0.25, 0.3) is 0 Å². The van der Waals surface area contributed by atoms with Crippen molar-refractivity contribution < 1.29 is 4.79 Å². The largest absolute Gasteiger partial charge is 0.355 e. The highest BCUT2D eigenvalue weighted by Gasteiger charge is 2.31. The molecule has 21 heavy (non-hydrogen) atoms. The van der Waals surface area contributed by atoms with Crippen LogP contribution in [-0.4, -0.2) is 52.9 Å². The van der Waals surface area contributed by atoms with Crippen molar-refractivity contribution in [3.05, 3.63) is 17.1 Å². The zero-order valence-corrected chi connectivity index (χ0v) is 12.9. The predicted molar refractivity (Wildman–Crippen MR) is 84.2 cm³/mol. The number of thiazole rings is 1. The maximum atomic E-state index is 11.4. The lowest BCUT2D eigenvalue weighted by Gasteiger charge is -2.36. The number of Topliss-reactive ketones (excluding diaryl/α,β-unsaturated/α-hetero) is 1. The molecule has 6 heteroatoms. The zero-order valence-electron chi connectivity index (χ0n) is 12.1. The van der Waals surface area contributed by atoms with Crippen LogP contribution in [-0.2, 0) is 0 Å². The fraction of sp³-hybridized carbons (Fsp3) is 0.533. The second-order valence-electron chi connectivity index (χ2n) is 5.85. The molecule has 0 aliphatic carbocycles. The fourth-order valence-electron chi connectivity index (χ4n) is 3.09. The minimum absolute atomic E-state index is 0.0126. The summed E-state index contributed by atoms with van der Waals surface area (Å²) in [6.45, 7) is 6.19. The summed E-state index contributed by atoms with van der Waals surface area (Å²) in [5.41, 5.74) is 0.826. The average Bonchev–Trinajstić information content (AvgIpc) is 3.01. The Morgan fingerprint density at radius 3 is 2.86 bits per heavy atom. The van der Waals surface area contributed by atoms with Gasteiger partial charge in [0.2, 0.25) is 0 Å². The highest BCUT2D eigenvalue weighted by atomic mass is 32.1. The first-order valence-corrected chi connectivity index (χ1v) is 8.30. The van der Waals surface area contributed by atoms with Crippen LogP contribution >= 0.6 is 11.3 Å². The lowest BCUT2D eigenvalue weighted by atomic mass is 10.1. The molecule has 0 radical (unpaired) electrons. The van der Waals surface area contributed by atoms with Crippen LogP contribution in [0.4, 0.5) is 5.82 Å². The van der Waals surface area contributed by atoms with E-state index >= 15 is 0 Å². The molecule has 2 aliphatic heterocycles. The minimum Gasteiger partial charge on any atom is -0.355 e. The van der Waals surface area contributed by atoms with Gasteiger partial charge in [-0.1, -0.05) is 11.3 Å². The first-order chi connectivity index (χ1) is 10.2. The van der Waals surface area contributed by atoms with Crippen molar-refractivity contribution in [2.45, 2.75) is 25.8 Å². The lowest BCUT2D eigenvalue weighted by Crippen LogP contribution is -2.46. The molecular weight excluding hydrogens is 284 g/mol. The van der Waals surface area contributed by atoms with Crippen LogP contribution in [0.5, 0.6) is 0 Å². The number of pyridine rings is 1. The first-order valence-electron chi connectivity index (χ1n) is 7.48. The number of fused-ring (bicyclic) bond motifs is 1. The highest BCUT2D eigenvalue weighted by Crippen LogP contribution is 2.28. The number of nitrogens with zero attached hydrogens (tertiary/aromatic N) is 4. The van der Waals surface area contributed by atoms with E-state index in [1.54, 1.807) is 6.92 Å². The van der Waals surface area contributed by atoms with Gasteiger partial charge < -0.3 is 4.90 Å². The zero-order chi connectivity index (χ0) is 14.4. The molecule has 2 fully saturated rings. The first kappa shape index (κ1) is 13.2. The van der Waals surface area contributed by atoms with Crippen LogP contribution in [0.15, 0.2) is 12.1 Å². The molecule has 110 valence electrons. The maximum Gasteiger partial charge on any atom is 0.188 e. The van der Waals surface area contributed by atoms with Gasteiger partial charge in [0.05, 0.1) is 0 Å². The van der Waals surface area contributed by atoms with Crippen LogP contribution in [0.1, 0.15) is 29.6 Å². The number of hydrogen-bond acceptors (Lipinski definition) is 6. The van der Waals surface area contributed by atoms with Gasteiger partial charge in [-0.3, -0.25) is 9.69 Å². The predicted octanol–water partition coefficient (Wildman–Crippen LogP) is 2.18. The molecule has 0 bridgehead atoms. The topological polar surface area (TPSA) is 49.3 Å². The maximum absolute atomic E-state index is 11.4. The van der Waals surface area contributed by atoms with Crippen molar-refractivity contribution in [1.29, 1.82) is 0 Å². The molecular formula is C15H18N4OS. The van der Waals surface area contributed by atoms with E-state index in [1.807, 2.05) is 12.1 Å². The molecule has 5 nitrogen and oxygen atoms in total. The SMILES string of the molecule is CC(=O)c1nc2ccc(N3CCC(N4CCC4)C3)nc2s1. The lowest BCUT2D eigenvalue weighted by molar-refractivity contribution is 0.101. The summed E-state index contributed by atoms with van der Waals surface area (Å²) in [4.78, 5) is 26.2. The Bertz CT molecular complexity index is 694. The minimum atomic E-state index is 0.0126. The van der Waals surface area contributed by atoms with Gasteiger partial charge in [0, 0.05) is 26.1 Å². The number of rotatable bonds is 3. The Morgan fingerprint density at radius 1 is 1.29 bits per heavy atom. The summed E-state index contributed by atoms with van der Waals surface area (Å²) in [5, 5.41) is 0.550. The van der Waals surface area contributed by atoms with Crippen molar-refractivity contribution in [3.8, 4) is 0 Å². The quantitative estimate of drug-likeness (QED) is 0.813. The van der Waals surface area contributed by atoms with Crippen LogP contribution in [0.3, 0.4) is 0 Å². The Labute approximate surface area is 127 Å². The van der Waals surface area contributed by atoms with Crippen molar-refractivity contribution in [3.63, 3.8) is 0 Å². The molecule has 2 aliphatic rings. The van der Waals surface area contributed by atoms with Crippen molar-refractivity contribution in [2.75, 3.05) is 31.1 Å². The molecule has 1 unspecified atom stereocenters. The average molecular weight is 302 g/mol. The highest BCUT2D eigenvalue weighted by molar-refractivity contribution is 7.19. The van der Waals surface area contributed by atoms with Gasteiger partial charge >= 0.3 is 0 Å². The van der Waals surface area contributed by atoms with E-state index in [1.165, 1.54) is 37.3 Å².